The SMILES string of the molecule is CCCCN1CC(=O)N(C(=O)NC2(C=O)CCCc3ccccc32)C1=O. The number of carbonyl (C=O) groups is 4. The summed E-state index contributed by atoms with van der Waals surface area (Å²) in [6, 6.07) is 5.99. The Morgan fingerprint density at radius 3 is 2.81 bits per heavy atom. The molecule has 2 aliphatic rings. The summed E-state index contributed by atoms with van der Waals surface area (Å²) in [5.74, 6) is -0.561. The van der Waals surface area contributed by atoms with Gasteiger partial charge >= 0.3 is 12.1 Å². The van der Waals surface area contributed by atoms with E-state index in [2.05, 4.69) is 5.32 Å². The van der Waals surface area contributed by atoms with Crippen molar-refractivity contribution in [1.29, 1.82) is 0 Å². The van der Waals surface area contributed by atoms with Gasteiger partial charge in [-0.05, 0) is 36.8 Å². The molecule has 7 heteroatoms. The molecule has 138 valence electrons. The van der Waals surface area contributed by atoms with E-state index in [0.717, 1.165) is 36.8 Å². The molecule has 0 radical (unpaired) electrons. The predicted molar refractivity (Wildman–Crippen MR) is 94.4 cm³/mol. The highest BCUT2D eigenvalue weighted by Gasteiger charge is 2.44. The molecule has 0 bridgehead atoms. The van der Waals surface area contributed by atoms with E-state index in [1.807, 2.05) is 31.2 Å². The molecule has 3 rings (SSSR count). The number of aldehydes is 1. The van der Waals surface area contributed by atoms with E-state index in [0.29, 0.717) is 24.2 Å². The molecule has 0 spiro atoms. The minimum absolute atomic E-state index is 0.100. The molecule has 1 atom stereocenters. The molecule has 7 nitrogen and oxygen atoms in total. The third-order valence-corrected chi connectivity index (χ3v) is 5.07. The molecule has 1 N–H and O–H groups in total. The van der Waals surface area contributed by atoms with E-state index in [1.165, 1.54) is 4.90 Å². The molecule has 1 saturated heterocycles. The van der Waals surface area contributed by atoms with Gasteiger partial charge in [0.2, 0.25) is 0 Å². The van der Waals surface area contributed by atoms with Crippen LogP contribution in [-0.2, 0) is 21.5 Å². The van der Waals surface area contributed by atoms with E-state index in [-0.39, 0.29) is 6.54 Å². The number of imide groups is 3. The average Bonchev–Trinajstić information content (AvgIpc) is 2.93. The number of rotatable bonds is 5. The molecule has 1 unspecified atom stereocenters. The summed E-state index contributed by atoms with van der Waals surface area (Å²) in [4.78, 5) is 51.3. The summed E-state index contributed by atoms with van der Waals surface area (Å²) >= 11 is 0. The van der Waals surface area contributed by atoms with Gasteiger partial charge in [-0.25, -0.2) is 9.59 Å². The molecular formula is C19H23N3O4. The van der Waals surface area contributed by atoms with Crippen LogP contribution in [0.3, 0.4) is 0 Å². The normalized spacial score (nSPS) is 22.3. The number of carbonyl (C=O) groups excluding carboxylic acids is 4. The van der Waals surface area contributed by atoms with Crippen molar-refractivity contribution in [1.82, 2.24) is 15.1 Å². The van der Waals surface area contributed by atoms with Crippen molar-refractivity contribution in [2.75, 3.05) is 13.1 Å². The highest BCUT2D eigenvalue weighted by Crippen LogP contribution is 2.34. The van der Waals surface area contributed by atoms with Gasteiger partial charge in [0, 0.05) is 6.54 Å². The Morgan fingerprint density at radius 1 is 1.31 bits per heavy atom. The standard InChI is InChI=1S/C19H23N3O4/c1-2-3-11-21-12-16(24)22(18(21)26)17(25)20-19(13-23)10-6-8-14-7-4-5-9-15(14)19/h4-5,7,9,13H,2-3,6,8,10-12H2,1H3,(H,20,25). The van der Waals surface area contributed by atoms with E-state index in [4.69, 9.17) is 0 Å². The average molecular weight is 357 g/mol. The lowest BCUT2D eigenvalue weighted by Gasteiger charge is -2.35. The lowest BCUT2D eigenvalue weighted by Crippen LogP contribution is -2.55. The maximum atomic E-state index is 12.7. The third kappa shape index (κ3) is 3.09. The van der Waals surface area contributed by atoms with Crippen LogP contribution in [0.25, 0.3) is 0 Å². The van der Waals surface area contributed by atoms with Gasteiger partial charge in [0.15, 0.2) is 0 Å². The van der Waals surface area contributed by atoms with Crippen molar-refractivity contribution in [3.8, 4) is 0 Å². The van der Waals surface area contributed by atoms with Crippen LogP contribution in [0.1, 0.15) is 43.7 Å². The van der Waals surface area contributed by atoms with Crippen LogP contribution in [0, 0.1) is 0 Å². The molecule has 0 aromatic heterocycles. The molecule has 1 heterocycles. The van der Waals surface area contributed by atoms with Crippen LogP contribution in [0.15, 0.2) is 24.3 Å². The number of nitrogens with one attached hydrogen (secondary N) is 1. The second kappa shape index (κ2) is 7.27. The first-order valence-electron chi connectivity index (χ1n) is 9.01. The number of nitrogens with zero attached hydrogens (tertiary/aromatic N) is 2. The van der Waals surface area contributed by atoms with Gasteiger partial charge in [0.05, 0.1) is 0 Å². The summed E-state index contributed by atoms with van der Waals surface area (Å²) < 4.78 is 0. The third-order valence-electron chi connectivity index (χ3n) is 5.07. The number of urea groups is 2. The van der Waals surface area contributed by atoms with Gasteiger partial charge in [-0.15, -0.1) is 0 Å². The zero-order valence-electron chi connectivity index (χ0n) is 14.9. The molecular weight excluding hydrogens is 334 g/mol. The molecule has 1 aromatic rings. The highest BCUT2D eigenvalue weighted by atomic mass is 16.2. The summed E-state index contributed by atoms with van der Waals surface area (Å²) in [6.45, 7) is 2.32. The van der Waals surface area contributed by atoms with E-state index in [9.17, 15) is 19.2 Å². The maximum Gasteiger partial charge on any atom is 0.335 e. The fourth-order valence-corrected chi connectivity index (χ4v) is 3.67. The highest BCUT2D eigenvalue weighted by molar-refractivity contribution is 6.15. The lowest BCUT2D eigenvalue weighted by molar-refractivity contribution is -0.123. The summed E-state index contributed by atoms with van der Waals surface area (Å²) in [6.07, 6.45) is 4.36. The fourth-order valence-electron chi connectivity index (χ4n) is 3.67. The van der Waals surface area contributed by atoms with Gasteiger partial charge in [-0.1, -0.05) is 37.6 Å². The van der Waals surface area contributed by atoms with Crippen molar-refractivity contribution in [2.24, 2.45) is 0 Å². The molecule has 0 saturated carbocycles. The molecule has 1 aliphatic carbocycles. The maximum absolute atomic E-state index is 12.7. The Kier molecular flexibility index (Phi) is 5.06. The fraction of sp³-hybridized carbons (Fsp3) is 0.474. The number of fused-ring (bicyclic) bond motifs is 1. The van der Waals surface area contributed by atoms with Crippen molar-refractivity contribution < 1.29 is 19.2 Å². The number of amides is 5. The van der Waals surface area contributed by atoms with Crippen molar-refractivity contribution in [2.45, 2.75) is 44.6 Å². The van der Waals surface area contributed by atoms with E-state index in [1.54, 1.807) is 0 Å². The van der Waals surface area contributed by atoms with E-state index >= 15 is 0 Å². The number of aryl methyl sites for hydroxylation is 1. The first-order valence-corrected chi connectivity index (χ1v) is 9.01. The van der Waals surface area contributed by atoms with Crippen LogP contribution in [0.2, 0.25) is 0 Å². The minimum Gasteiger partial charge on any atom is -0.321 e. The Balaban J connectivity index is 1.82. The van der Waals surface area contributed by atoms with Gasteiger partial charge in [0.1, 0.15) is 18.4 Å². The smallest absolute Gasteiger partial charge is 0.321 e. The lowest BCUT2D eigenvalue weighted by atomic mass is 9.77. The van der Waals surface area contributed by atoms with Crippen molar-refractivity contribution in [3.63, 3.8) is 0 Å². The van der Waals surface area contributed by atoms with Crippen LogP contribution >= 0.6 is 0 Å². The van der Waals surface area contributed by atoms with Gasteiger partial charge in [0.25, 0.3) is 5.91 Å². The number of benzene rings is 1. The second-order valence-electron chi connectivity index (χ2n) is 6.82. The second-order valence-corrected chi connectivity index (χ2v) is 6.82. The van der Waals surface area contributed by atoms with Crippen LogP contribution in [0.4, 0.5) is 9.59 Å². The summed E-state index contributed by atoms with van der Waals surface area (Å²) in [7, 11) is 0. The number of hydrogen-bond donors (Lipinski definition) is 1. The monoisotopic (exact) mass is 357 g/mol. The molecule has 5 amide bonds. The van der Waals surface area contributed by atoms with Crippen LogP contribution in [0.5, 0.6) is 0 Å². The first-order chi connectivity index (χ1) is 12.5. The Labute approximate surface area is 152 Å². The van der Waals surface area contributed by atoms with Gasteiger partial charge in [-0.2, -0.15) is 4.90 Å². The molecule has 26 heavy (non-hydrogen) atoms. The van der Waals surface area contributed by atoms with Crippen molar-refractivity contribution in [3.05, 3.63) is 35.4 Å². The zero-order valence-corrected chi connectivity index (χ0v) is 14.9. The van der Waals surface area contributed by atoms with Crippen LogP contribution < -0.4 is 5.32 Å². The minimum atomic E-state index is -1.21. The van der Waals surface area contributed by atoms with E-state index < -0.39 is 23.5 Å². The van der Waals surface area contributed by atoms with Gasteiger partial charge in [-0.3, -0.25) is 4.79 Å². The Bertz CT molecular complexity index is 748. The summed E-state index contributed by atoms with van der Waals surface area (Å²) in [5, 5.41) is 2.67. The molecule has 1 aliphatic heterocycles. The Morgan fingerprint density at radius 2 is 2.08 bits per heavy atom. The zero-order chi connectivity index (χ0) is 18.7. The number of unbranched alkanes of at least 4 members (excludes halogenated alkanes) is 1. The molecule has 1 fully saturated rings. The summed E-state index contributed by atoms with van der Waals surface area (Å²) in [5.41, 5.74) is 0.523. The predicted octanol–water partition coefficient (Wildman–Crippen LogP) is 2.19. The quantitative estimate of drug-likeness (QED) is 0.646. The molecule has 1 aromatic carbocycles. The first kappa shape index (κ1) is 18.1. The van der Waals surface area contributed by atoms with Gasteiger partial charge < -0.3 is 15.0 Å². The largest absolute Gasteiger partial charge is 0.335 e. The van der Waals surface area contributed by atoms with Crippen molar-refractivity contribution >= 4 is 24.3 Å². The number of hydrogen-bond acceptors (Lipinski definition) is 4. The topological polar surface area (TPSA) is 86.8 Å². The van der Waals surface area contributed by atoms with Crippen LogP contribution in [-0.4, -0.2) is 47.1 Å². The Hall–Kier alpha value is -2.70.